The van der Waals surface area contributed by atoms with Crippen LogP contribution in [-0.4, -0.2) is 53.3 Å². The van der Waals surface area contributed by atoms with Gasteiger partial charge in [-0.3, -0.25) is 24.1 Å². The van der Waals surface area contributed by atoms with Gasteiger partial charge in [-0.15, -0.1) is 0 Å². The van der Waals surface area contributed by atoms with Crippen molar-refractivity contribution in [3.8, 4) is 5.75 Å². The second kappa shape index (κ2) is 10.6. The average molecular weight is 472 g/mol. The van der Waals surface area contributed by atoms with Gasteiger partial charge < -0.3 is 15.7 Å². The Hall–Kier alpha value is -4.46. The van der Waals surface area contributed by atoms with Crippen molar-refractivity contribution in [2.75, 3.05) is 19.6 Å². The summed E-state index contributed by atoms with van der Waals surface area (Å²) in [4.78, 5) is 51.3. The first-order valence-electron chi connectivity index (χ1n) is 11.3. The largest absolute Gasteiger partial charge is 0.508 e. The van der Waals surface area contributed by atoms with Crippen LogP contribution in [0.1, 0.15) is 53.4 Å². The van der Waals surface area contributed by atoms with E-state index in [2.05, 4.69) is 10.6 Å². The summed E-state index contributed by atoms with van der Waals surface area (Å²) in [6, 6.07) is 20.2. The molecule has 0 fully saturated rings. The van der Waals surface area contributed by atoms with Crippen LogP contribution in [0.25, 0.3) is 0 Å². The van der Waals surface area contributed by atoms with Crippen LogP contribution in [0.2, 0.25) is 0 Å². The SMILES string of the molecule is O=C(NCCCNC(=O)c1ccc2c(c1)C(=O)N(CCc1ccccc1)C2=O)c1cccc(O)c1. The Morgan fingerprint density at radius 3 is 2.09 bits per heavy atom. The number of imide groups is 1. The number of aromatic hydroxyl groups is 1. The highest BCUT2D eigenvalue weighted by Crippen LogP contribution is 2.24. The van der Waals surface area contributed by atoms with E-state index in [0.29, 0.717) is 42.6 Å². The zero-order valence-corrected chi connectivity index (χ0v) is 19.0. The first kappa shape index (κ1) is 23.7. The molecule has 0 atom stereocenters. The van der Waals surface area contributed by atoms with E-state index < -0.39 is 5.91 Å². The number of benzene rings is 3. The van der Waals surface area contributed by atoms with E-state index in [9.17, 15) is 24.3 Å². The Kier molecular flexibility index (Phi) is 7.21. The highest BCUT2D eigenvalue weighted by molar-refractivity contribution is 6.22. The van der Waals surface area contributed by atoms with Crippen LogP contribution in [0, 0.1) is 0 Å². The van der Waals surface area contributed by atoms with Crippen LogP contribution in [0.4, 0.5) is 0 Å². The van der Waals surface area contributed by atoms with Crippen molar-refractivity contribution in [2.24, 2.45) is 0 Å². The molecule has 0 aliphatic carbocycles. The number of nitrogens with one attached hydrogen (secondary N) is 2. The van der Waals surface area contributed by atoms with Crippen molar-refractivity contribution in [3.05, 3.63) is 101 Å². The molecule has 0 bridgehead atoms. The van der Waals surface area contributed by atoms with Gasteiger partial charge >= 0.3 is 0 Å². The molecule has 35 heavy (non-hydrogen) atoms. The zero-order valence-electron chi connectivity index (χ0n) is 19.0. The fraction of sp³-hybridized carbons (Fsp3) is 0.185. The molecular formula is C27H25N3O5. The van der Waals surface area contributed by atoms with Crippen LogP contribution in [0.15, 0.2) is 72.8 Å². The Labute approximate surface area is 202 Å². The normalized spacial score (nSPS) is 12.4. The molecule has 3 aromatic rings. The van der Waals surface area contributed by atoms with Crippen molar-refractivity contribution in [1.82, 2.24) is 15.5 Å². The molecule has 1 aliphatic heterocycles. The van der Waals surface area contributed by atoms with Crippen LogP contribution < -0.4 is 10.6 Å². The molecular weight excluding hydrogens is 446 g/mol. The van der Waals surface area contributed by atoms with Crippen molar-refractivity contribution in [3.63, 3.8) is 0 Å². The minimum Gasteiger partial charge on any atom is -0.508 e. The molecule has 3 aromatic carbocycles. The maximum atomic E-state index is 12.8. The lowest BCUT2D eigenvalue weighted by Crippen LogP contribution is -2.31. The molecule has 0 spiro atoms. The molecule has 8 heteroatoms. The van der Waals surface area contributed by atoms with E-state index in [1.54, 1.807) is 12.1 Å². The number of amides is 4. The lowest BCUT2D eigenvalue weighted by molar-refractivity contribution is 0.0655. The third-order valence-corrected chi connectivity index (χ3v) is 5.73. The summed E-state index contributed by atoms with van der Waals surface area (Å²) in [6.07, 6.45) is 1.05. The highest BCUT2D eigenvalue weighted by atomic mass is 16.3. The third kappa shape index (κ3) is 5.55. The van der Waals surface area contributed by atoms with Gasteiger partial charge in [0, 0.05) is 30.8 Å². The average Bonchev–Trinajstić information content (AvgIpc) is 3.11. The quantitative estimate of drug-likeness (QED) is 0.328. The number of rotatable bonds is 9. The highest BCUT2D eigenvalue weighted by Gasteiger charge is 2.35. The molecule has 1 heterocycles. The minimum atomic E-state index is -0.398. The maximum Gasteiger partial charge on any atom is 0.261 e. The topological polar surface area (TPSA) is 116 Å². The second-order valence-corrected chi connectivity index (χ2v) is 8.17. The lowest BCUT2D eigenvalue weighted by Gasteiger charge is -2.13. The molecule has 4 rings (SSSR count). The Balaban J connectivity index is 1.27. The standard InChI is InChI=1S/C27H25N3O5/c31-21-9-4-8-19(16-21)24(32)28-13-5-14-29-25(33)20-10-11-22-23(17-20)27(35)30(26(22)34)15-12-18-6-2-1-3-7-18/h1-4,6-11,16-17,31H,5,12-15H2,(H,28,32)(H,29,33). The number of phenols is 1. The number of carbonyl (C=O) groups excluding carboxylic acids is 4. The second-order valence-electron chi connectivity index (χ2n) is 8.17. The summed E-state index contributed by atoms with van der Waals surface area (Å²) in [6.45, 7) is 0.918. The molecule has 1 aliphatic rings. The molecule has 0 radical (unpaired) electrons. The summed E-state index contributed by atoms with van der Waals surface area (Å²) >= 11 is 0. The van der Waals surface area contributed by atoms with Gasteiger partial charge in [0.1, 0.15) is 5.75 Å². The Morgan fingerprint density at radius 2 is 1.40 bits per heavy atom. The van der Waals surface area contributed by atoms with Crippen LogP contribution in [-0.2, 0) is 6.42 Å². The van der Waals surface area contributed by atoms with E-state index >= 15 is 0 Å². The summed E-state index contributed by atoms with van der Waals surface area (Å²) in [7, 11) is 0. The van der Waals surface area contributed by atoms with E-state index in [-0.39, 0.29) is 35.6 Å². The maximum absolute atomic E-state index is 12.8. The molecule has 3 N–H and O–H groups in total. The molecule has 0 saturated carbocycles. The minimum absolute atomic E-state index is 0.0127. The smallest absolute Gasteiger partial charge is 0.261 e. The number of nitrogens with zero attached hydrogens (tertiary/aromatic N) is 1. The monoisotopic (exact) mass is 471 g/mol. The summed E-state index contributed by atoms with van der Waals surface area (Å²) in [5.74, 6) is -1.42. The number of hydrogen-bond acceptors (Lipinski definition) is 5. The van der Waals surface area contributed by atoms with Gasteiger partial charge in [0.05, 0.1) is 11.1 Å². The predicted octanol–water partition coefficient (Wildman–Crippen LogP) is 2.78. The fourth-order valence-corrected chi connectivity index (χ4v) is 3.86. The van der Waals surface area contributed by atoms with Crippen molar-refractivity contribution in [1.29, 1.82) is 0 Å². The van der Waals surface area contributed by atoms with Crippen LogP contribution >= 0.6 is 0 Å². The Bertz CT molecular complexity index is 1270. The number of carbonyl (C=O) groups is 4. The number of phenolic OH excluding ortho intramolecular Hbond substituents is 1. The molecule has 0 saturated heterocycles. The summed E-state index contributed by atoms with van der Waals surface area (Å²) in [5.41, 5.74) is 2.20. The van der Waals surface area contributed by atoms with E-state index in [1.807, 2.05) is 30.3 Å². The van der Waals surface area contributed by atoms with Gasteiger partial charge in [-0.25, -0.2) is 0 Å². The molecule has 4 amide bonds. The molecule has 8 nitrogen and oxygen atoms in total. The van der Waals surface area contributed by atoms with Gasteiger partial charge in [0.2, 0.25) is 0 Å². The van der Waals surface area contributed by atoms with Crippen molar-refractivity contribution in [2.45, 2.75) is 12.8 Å². The van der Waals surface area contributed by atoms with Crippen LogP contribution in [0.5, 0.6) is 5.75 Å². The van der Waals surface area contributed by atoms with Gasteiger partial charge in [0.15, 0.2) is 0 Å². The van der Waals surface area contributed by atoms with Gasteiger partial charge in [-0.05, 0) is 54.8 Å². The first-order valence-corrected chi connectivity index (χ1v) is 11.3. The zero-order chi connectivity index (χ0) is 24.8. The molecule has 0 aromatic heterocycles. The van der Waals surface area contributed by atoms with Gasteiger partial charge in [0.25, 0.3) is 23.6 Å². The third-order valence-electron chi connectivity index (χ3n) is 5.73. The Morgan fingerprint density at radius 1 is 0.743 bits per heavy atom. The number of hydrogen-bond donors (Lipinski definition) is 3. The predicted molar refractivity (Wildman–Crippen MR) is 129 cm³/mol. The van der Waals surface area contributed by atoms with Crippen molar-refractivity contribution < 1.29 is 24.3 Å². The molecule has 178 valence electrons. The van der Waals surface area contributed by atoms with E-state index in [1.165, 1.54) is 35.2 Å². The number of fused-ring (bicyclic) bond motifs is 1. The van der Waals surface area contributed by atoms with Gasteiger partial charge in [-0.2, -0.15) is 0 Å². The van der Waals surface area contributed by atoms with E-state index in [0.717, 1.165) is 5.56 Å². The van der Waals surface area contributed by atoms with Crippen LogP contribution in [0.3, 0.4) is 0 Å². The van der Waals surface area contributed by atoms with Crippen molar-refractivity contribution >= 4 is 23.6 Å². The first-order chi connectivity index (χ1) is 16.9. The summed E-state index contributed by atoms with van der Waals surface area (Å²) < 4.78 is 0. The van der Waals surface area contributed by atoms with Gasteiger partial charge in [-0.1, -0.05) is 36.4 Å². The lowest BCUT2D eigenvalue weighted by atomic mass is 10.1. The van der Waals surface area contributed by atoms with E-state index in [4.69, 9.17) is 0 Å². The molecule has 0 unspecified atom stereocenters. The summed E-state index contributed by atoms with van der Waals surface area (Å²) in [5, 5.41) is 14.9. The fourth-order valence-electron chi connectivity index (χ4n) is 3.86.